The van der Waals surface area contributed by atoms with E-state index in [-0.39, 0.29) is 12.5 Å². The standard InChI is InChI=1S/C26H22N2O5/c1-16-6-2-3-7-17(16)12-27-24(29)13-28-14-26(18-8-4-5-9-20(18)28)15-31-21-11-23-22(10-19(21)26)32-25(30)33-23/h2-11H,12-15H2,1H3,(H,27,29). The van der Waals surface area contributed by atoms with Crippen LogP contribution in [0.1, 0.15) is 22.3 Å². The lowest BCUT2D eigenvalue weighted by Crippen LogP contribution is -2.41. The number of fused-ring (bicyclic) bond motifs is 5. The highest BCUT2D eigenvalue weighted by Gasteiger charge is 2.50. The lowest BCUT2D eigenvalue weighted by Gasteiger charge is -2.24. The minimum atomic E-state index is -0.735. The number of hydrogen-bond acceptors (Lipinski definition) is 6. The van der Waals surface area contributed by atoms with Gasteiger partial charge in [0.15, 0.2) is 11.2 Å². The maximum atomic E-state index is 12.9. The van der Waals surface area contributed by atoms with Gasteiger partial charge in [-0.15, -0.1) is 0 Å². The average molecular weight is 442 g/mol. The van der Waals surface area contributed by atoms with Gasteiger partial charge in [0.05, 0.1) is 12.0 Å². The van der Waals surface area contributed by atoms with E-state index in [1.165, 1.54) is 0 Å². The van der Waals surface area contributed by atoms with Gasteiger partial charge in [-0.2, -0.15) is 0 Å². The van der Waals surface area contributed by atoms with Gasteiger partial charge in [-0.1, -0.05) is 42.5 Å². The summed E-state index contributed by atoms with van der Waals surface area (Å²) < 4.78 is 16.3. The summed E-state index contributed by atoms with van der Waals surface area (Å²) >= 11 is 0. The molecule has 0 fully saturated rings. The molecule has 7 heteroatoms. The molecule has 3 heterocycles. The van der Waals surface area contributed by atoms with Gasteiger partial charge in [-0.25, -0.2) is 4.79 Å². The Morgan fingerprint density at radius 2 is 1.79 bits per heavy atom. The van der Waals surface area contributed by atoms with Crippen molar-refractivity contribution in [2.24, 2.45) is 0 Å². The van der Waals surface area contributed by atoms with Crippen molar-refractivity contribution in [1.82, 2.24) is 5.32 Å². The number of hydrogen-bond donors (Lipinski definition) is 1. The van der Waals surface area contributed by atoms with E-state index in [2.05, 4.69) is 16.3 Å². The first-order chi connectivity index (χ1) is 16.0. The zero-order valence-electron chi connectivity index (χ0n) is 18.1. The zero-order valence-corrected chi connectivity index (χ0v) is 18.1. The smallest absolute Gasteiger partial charge is 0.492 e. The quantitative estimate of drug-likeness (QED) is 0.521. The van der Waals surface area contributed by atoms with Crippen LogP contribution in [0.3, 0.4) is 0 Å². The molecule has 6 rings (SSSR count). The normalized spacial score (nSPS) is 18.4. The Morgan fingerprint density at radius 3 is 2.64 bits per heavy atom. The maximum Gasteiger partial charge on any atom is 0.519 e. The molecular weight excluding hydrogens is 420 g/mol. The van der Waals surface area contributed by atoms with E-state index in [0.717, 1.165) is 27.9 Å². The molecule has 1 amide bonds. The SMILES string of the molecule is Cc1ccccc1CNC(=O)CN1CC2(COc3cc4oc(=O)oc4cc32)c2ccccc21. The summed E-state index contributed by atoms with van der Waals surface area (Å²) in [6.07, 6.45) is 0. The molecule has 0 aliphatic carbocycles. The summed E-state index contributed by atoms with van der Waals surface area (Å²) in [7, 11) is 0. The molecule has 0 radical (unpaired) electrons. The van der Waals surface area contributed by atoms with E-state index < -0.39 is 11.2 Å². The van der Waals surface area contributed by atoms with Gasteiger partial charge in [0.2, 0.25) is 5.91 Å². The number of para-hydroxylation sites is 1. The maximum absolute atomic E-state index is 12.9. The summed E-state index contributed by atoms with van der Waals surface area (Å²) in [6.45, 7) is 3.80. The molecule has 33 heavy (non-hydrogen) atoms. The number of nitrogens with zero attached hydrogens (tertiary/aromatic N) is 1. The molecule has 1 unspecified atom stereocenters. The average Bonchev–Trinajstić information content (AvgIpc) is 3.45. The van der Waals surface area contributed by atoms with Crippen molar-refractivity contribution < 1.29 is 18.4 Å². The number of anilines is 1. The lowest BCUT2D eigenvalue weighted by molar-refractivity contribution is -0.119. The second-order valence-electron chi connectivity index (χ2n) is 8.70. The van der Waals surface area contributed by atoms with E-state index in [9.17, 15) is 9.59 Å². The highest BCUT2D eigenvalue weighted by molar-refractivity contribution is 5.84. The van der Waals surface area contributed by atoms with Crippen molar-refractivity contribution in [3.8, 4) is 5.75 Å². The van der Waals surface area contributed by atoms with Crippen LogP contribution in [0.5, 0.6) is 5.75 Å². The van der Waals surface area contributed by atoms with Crippen LogP contribution in [0.25, 0.3) is 11.2 Å². The largest absolute Gasteiger partial charge is 0.519 e. The summed E-state index contributed by atoms with van der Waals surface area (Å²) in [5, 5.41) is 3.05. The molecule has 1 N–H and O–H groups in total. The fourth-order valence-corrected chi connectivity index (χ4v) is 5.05. The Bertz CT molecular complexity index is 1450. The monoisotopic (exact) mass is 442 g/mol. The molecule has 0 bridgehead atoms. The van der Waals surface area contributed by atoms with Crippen LogP contribution in [-0.4, -0.2) is 25.6 Å². The van der Waals surface area contributed by atoms with Crippen molar-refractivity contribution in [1.29, 1.82) is 0 Å². The van der Waals surface area contributed by atoms with Gasteiger partial charge in [-0.3, -0.25) is 4.79 Å². The van der Waals surface area contributed by atoms with Crippen LogP contribution in [0.15, 0.2) is 74.3 Å². The van der Waals surface area contributed by atoms with Crippen molar-refractivity contribution in [2.45, 2.75) is 18.9 Å². The fraction of sp³-hybridized carbons (Fsp3) is 0.231. The molecule has 1 aromatic heterocycles. The van der Waals surface area contributed by atoms with E-state index in [1.54, 1.807) is 6.07 Å². The van der Waals surface area contributed by atoms with Gasteiger partial charge in [-0.05, 0) is 35.7 Å². The second kappa shape index (κ2) is 7.27. The highest BCUT2D eigenvalue weighted by Crippen LogP contribution is 2.52. The first kappa shape index (κ1) is 19.7. The van der Waals surface area contributed by atoms with Crippen LogP contribution in [0.2, 0.25) is 0 Å². The highest BCUT2D eigenvalue weighted by atomic mass is 16.6. The Balaban J connectivity index is 1.30. The third-order valence-corrected chi connectivity index (χ3v) is 6.71. The minimum absolute atomic E-state index is 0.0412. The first-order valence-corrected chi connectivity index (χ1v) is 10.9. The predicted octanol–water partition coefficient (Wildman–Crippen LogP) is 3.51. The minimum Gasteiger partial charge on any atom is -0.492 e. The number of ether oxygens (including phenoxy) is 1. The van der Waals surface area contributed by atoms with Crippen LogP contribution < -0.4 is 20.8 Å². The number of nitrogens with one attached hydrogen (secondary N) is 1. The Labute approximate surface area is 189 Å². The molecule has 166 valence electrons. The van der Waals surface area contributed by atoms with Gasteiger partial charge in [0, 0.05) is 30.4 Å². The van der Waals surface area contributed by atoms with Gasteiger partial charge in [0.1, 0.15) is 12.4 Å². The predicted molar refractivity (Wildman–Crippen MR) is 123 cm³/mol. The first-order valence-electron chi connectivity index (χ1n) is 10.9. The Morgan fingerprint density at radius 1 is 1.03 bits per heavy atom. The molecule has 7 nitrogen and oxygen atoms in total. The van der Waals surface area contributed by atoms with E-state index >= 15 is 0 Å². The van der Waals surface area contributed by atoms with E-state index in [0.29, 0.717) is 36.6 Å². The van der Waals surface area contributed by atoms with Crippen LogP contribution in [0.4, 0.5) is 5.69 Å². The van der Waals surface area contributed by atoms with Crippen molar-refractivity contribution in [3.63, 3.8) is 0 Å². The number of benzene rings is 3. The van der Waals surface area contributed by atoms with Gasteiger partial charge >= 0.3 is 5.82 Å². The molecule has 3 aromatic carbocycles. The third kappa shape index (κ3) is 3.11. The van der Waals surface area contributed by atoms with Crippen LogP contribution >= 0.6 is 0 Å². The number of aryl methyl sites for hydroxylation is 1. The van der Waals surface area contributed by atoms with Crippen LogP contribution in [0, 0.1) is 6.92 Å². The summed E-state index contributed by atoms with van der Waals surface area (Å²) in [6, 6.07) is 19.7. The van der Waals surface area contributed by atoms with Crippen molar-refractivity contribution in [3.05, 3.63) is 93.5 Å². The van der Waals surface area contributed by atoms with Crippen LogP contribution in [-0.2, 0) is 16.8 Å². The lowest BCUT2D eigenvalue weighted by atomic mass is 9.78. The number of carbonyl (C=O) groups is 1. The Hall–Kier alpha value is -4.00. The number of rotatable bonds is 4. The molecule has 0 saturated heterocycles. The zero-order chi connectivity index (χ0) is 22.6. The summed E-state index contributed by atoms with van der Waals surface area (Å²) in [4.78, 5) is 26.5. The molecule has 1 spiro atoms. The second-order valence-corrected chi connectivity index (χ2v) is 8.70. The molecule has 4 aromatic rings. The molecule has 0 saturated carbocycles. The number of amides is 1. The molecule has 2 aliphatic rings. The van der Waals surface area contributed by atoms with Gasteiger partial charge < -0.3 is 23.8 Å². The topological polar surface area (TPSA) is 84.9 Å². The summed E-state index contributed by atoms with van der Waals surface area (Å²) in [5.74, 6) is -0.102. The van der Waals surface area contributed by atoms with E-state index in [1.807, 2.05) is 55.5 Å². The molecule has 1 atom stereocenters. The van der Waals surface area contributed by atoms with Crippen molar-refractivity contribution >= 4 is 22.8 Å². The molecular formula is C26H22N2O5. The fourth-order valence-electron chi connectivity index (χ4n) is 5.05. The molecule has 2 aliphatic heterocycles. The van der Waals surface area contributed by atoms with E-state index in [4.69, 9.17) is 13.6 Å². The Kier molecular flexibility index (Phi) is 4.33. The van der Waals surface area contributed by atoms with Crippen molar-refractivity contribution in [2.75, 3.05) is 24.6 Å². The third-order valence-electron chi connectivity index (χ3n) is 6.71. The van der Waals surface area contributed by atoms with Gasteiger partial charge in [0.25, 0.3) is 0 Å². The summed E-state index contributed by atoms with van der Waals surface area (Å²) in [5.41, 5.74) is 5.62. The number of carbonyl (C=O) groups excluding carboxylic acids is 1.